The molecule has 1 aliphatic heterocycles. The fourth-order valence-corrected chi connectivity index (χ4v) is 2.94. The number of aliphatic hydroxyl groups excluding tert-OH is 1. The van der Waals surface area contributed by atoms with Crippen LogP contribution in [0.15, 0.2) is 36.8 Å². The molecule has 0 unspecified atom stereocenters. The summed E-state index contributed by atoms with van der Waals surface area (Å²) in [4.78, 5) is 18.4. The SMILES string of the molecule is COc1cccc(O[C@H]2CCN(C(=O)c3cn(C)cn3)CC[C@@H]2O)c1. The van der Waals surface area contributed by atoms with Gasteiger partial charge in [0.15, 0.2) is 0 Å². The number of carbonyl (C=O) groups excluding carboxylic acids is 1. The largest absolute Gasteiger partial charge is 0.497 e. The number of carbonyl (C=O) groups is 1. The van der Waals surface area contributed by atoms with Gasteiger partial charge in [-0.15, -0.1) is 0 Å². The van der Waals surface area contributed by atoms with Crippen LogP contribution in [0.2, 0.25) is 0 Å². The number of hydrogen-bond donors (Lipinski definition) is 1. The number of rotatable bonds is 4. The molecule has 134 valence electrons. The quantitative estimate of drug-likeness (QED) is 0.908. The highest BCUT2D eigenvalue weighted by molar-refractivity contribution is 5.92. The third kappa shape index (κ3) is 4.11. The fourth-order valence-electron chi connectivity index (χ4n) is 2.94. The Kier molecular flexibility index (Phi) is 5.23. The Labute approximate surface area is 146 Å². The Hall–Kier alpha value is -2.54. The minimum absolute atomic E-state index is 0.116. The van der Waals surface area contributed by atoms with E-state index in [0.717, 1.165) is 0 Å². The number of hydrogen-bond acceptors (Lipinski definition) is 5. The van der Waals surface area contributed by atoms with E-state index in [1.54, 1.807) is 35.2 Å². The number of aromatic nitrogens is 2. The standard InChI is InChI=1S/C18H23N3O4/c1-20-11-15(19-12-20)18(23)21-8-6-16(22)17(7-9-21)25-14-5-3-4-13(10-14)24-2/h3-5,10-12,16-17,22H,6-9H2,1-2H3/t16-,17-/m0/s1. The summed E-state index contributed by atoms with van der Waals surface area (Å²) < 4.78 is 12.9. The van der Waals surface area contributed by atoms with Gasteiger partial charge in [-0.1, -0.05) is 6.07 Å². The zero-order valence-corrected chi connectivity index (χ0v) is 14.5. The number of likely N-dealkylation sites (tertiary alicyclic amines) is 1. The van der Waals surface area contributed by atoms with Gasteiger partial charge in [0.1, 0.15) is 23.3 Å². The van der Waals surface area contributed by atoms with E-state index in [4.69, 9.17) is 9.47 Å². The zero-order chi connectivity index (χ0) is 17.8. The third-order valence-electron chi connectivity index (χ3n) is 4.35. The minimum Gasteiger partial charge on any atom is -0.497 e. The third-order valence-corrected chi connectivity index (χ3v) is 4.35. The Morgan fingerprint density at radius 1 is 1.28 bits per heavy atom. The minimum atomic E-state index is -0.632. The van der Waals surface area contributed by atoms with Gasteiger partial charge in [-0.3, -0.25) is 4.79 Å². The van der Waals surface area contributed by atoms with Crippen LogP contribution in [0.5, 0.6) is 11.5 Å². The Bertz CT molecular complexity index is 731. The molecule has 1 aromatic heterocycles. The molecular weight excluding hydrogens is 322 g/mol. The smallest absolute Gasteiger partial charge is 0.274 e. The molecule has 2 heterocycles. The molecule has 1 aliphatic rings. The van der Waals surface area contributed by atoms with Crippen LogP contribution in [0.3, 0.4) is 0 Å². The maximum atomic E-state index is 12.5. The summed E-state index contributed by atoms with van der Waals surface area (Å²) in [6.07, 6.45) is 3.33. The molecule has 0 radical (unpaired) electrons. The van der Waals surface area contributed by atoms with Crippen molar-refractivity contribution >= 4 is 5.91 Å². The number of ether oxygens (including phenoxy) is 2. The van der Waals surface area contributed by atoms with Crippen molar-refractivity contribution in [2.75, 3.05) is 20.2 Å². The van der Waals surface area contributed by atoms with Crippen LogP contribution in [0.25, 0.3) is 0 Å². The van der Waals surface area contributed by atoms with E-state index in [1.165, 1.54) is 0 Å². The van der Waals surface area contributed by atoms with Crippen LogP contribution < -0.4 is 9.47 Å². The lowest BCUT2D eigenvalue weighted by Gasteiger charge is -2.22. The van der Waals surface area contributed by atoms with Gasteiger partial charge in [0.25, 0.3) is 5.91 Å². The summed E-state index contributed by atoms with van der Waals surface area (Å²) in [5, 5.41) is 10.4. The van der Waals surface area contributed by atoms with Crippen molar-refractivity contribution in [3.05, 3.63) is 42.5 Å². The molecule has 2 atom stereocenters. The van der Waals surface area contributed by atoms with E-state index in [-0.39, 0.29) is 12.0 Å². The molecule has 1 fully saturated rings. The highest BCUT2D eigenvalue weighted by atomic mass is 16.5. The highest BCUT2D eigenvalue weighted by Crippen LogP contribution is 2.24. The Balaban J connectivity index is 1.65. The van der Waals surface area contributed by atoms with Gasteiger partial charge in [-0.05, 0) is 18.6 Å². The number of aliphatic hydroxyl groups is 1. The first kappa shape index (κ1) is 17.3. The van der Waals surface area contributed by atoms with Crippen LogP contribution >= 0.6 is 0 Å². The van der Waals surface area contributed by atoms with E-state index in [1.807, 2.05) is 25.2 Å². The molecule has 1 amide bonds. The summed E-state index contributed by atoms with van der Waals surface area (Å²) in [6, 6.07) is 7.29. The van der Waals surface area contributed by atoms with E-state index in [9.17, 15) is 9.90 Å². The normalized spacial score (nSPS) is 20.8. The van der Waals surface area contributed by atoms with Crippen molar-refractivity contribution in [3.8, 4) is 11.5 Å². The molecule has 25 heavy (non-hydrogen) atoms. The van der Waals surface area contributed by atoms with Crippen LogP contribution in [-0.2, 0) is 7.05 Å². The lowest BCUT2D eigenvalue weighted by atomic mass is 10.1. The molecule has 1 aromatic carbocycles. The number of methoxy groups -OCH3 is 1. The number of amides is 1. The summed E-state index contributed by atoms with van der Waals surface area (Å²) in [5.74, 6) is 1.23. The molecule has 0 bridgehead atoms. The lowest BCUT2D eigenvalue weighted by Crippen LogP contribution is -2.32. The first-order valence-electron chi connectivity index (χ1n) is 8.33. The van der Waals surface area contributed by atoms with E-state index < -0.39 is 6.10 Å². The molecule has 1 saturated heterocycles. The van der Waals surface area contributed by atoms with E-state index in [0.29, 0.717) is 43.1 Å². The molecule has 0 aliphatic carbocycles. The number of nitrogens with zero attached hydrogens (tertiary/aromatic N) is 3. The summed E-state index contributed by atoms with van der Waals surface area (Å²) in [6.45, 7) is 0.996. The Morgan fingerprint density at radius 3 is 2.76 bits per heavy atom. The number of aryl methyl sites for hydroxylation is 1. The highest BCUT2D eigenvalue weighted by Gasteiger charge is 2.29. The summed E-state index contributed by atoms with van der Waals surface area (Å²) >= 11 is 0. The second-order valence-corrected chi connectivity index (χ2v) is 6.20. The van der Waals surface area contributed by atoms with Gasteiger partial charge in [0, 0.05) is 38.8 Å². The second-order valence-electron chi connectivity index (χ2n) is 6.20. The van der Waals surface area contributed by atoms with Crippen LogP contribution in [0.1, 0.15) is 23.3 Å². The molecule has 0 saturated carbocycles. The second kappa shape index (κ2) is 7.57. The van der Waals surface area contributed by atoms with Gasteiger partial charge in [0.2, 0.25) is 0 Å². The molecular formula is C18H23N3O4. The molecule has 7 nitrogen and oxygen atoms in total. The van der Waals surface area contributed by atoms with E-state index >= 15 is 0 Å². The van der Waals surface area contributed by atoms with Gasteiger partial charge in [-0.2, -0.15) is 0 Å². The van der Waals surface area contributed by atoms with Crippen molar-refractivity contribution in [2.24, 2.45) is 7.05 Å². The maximum absolute atomic E-state index is 12.5. The predicted octanol–water partition coefficient (Wildman–Crippen LogP) is 1.47. The molecule has 7 heteroatoms. The molecule has 2 aromatic rings. The summed E-state index contributed by atoms with van der Waals surface area (Å²) in [5.41, 5.74) is 0.421. The summed E-state index contributed by atoms with van der Waals surface area (Å²) in [7, 11) is 3.43. The van der Waals surface area contributed by atoms with Crippen LogP contribution in [0, 0.1) is 0 Å². The number of imidazole rings is 1. The zero-order valence-electron chi connectivity index (χ0n) is 14.5. The van der Waals surface area contributed by atoms with Crippen molar-refractivity contribution in [1.29, 1.82) is 0 Å². The fraction of sp³-hybridized carbons (Fsp3) is 0.444. The first-order valence-corrected chi connectivity index (χ1v) is 8.33. The van der Waals surface area contributed by atoms with Crippen LogP contribution in [0.4, 0.5) is 0 Å². The maximum Gasteiger partial charge on any atom is 0.274 e. The molecule has 0 spiro atoms. The topological polar surface area (TPSA) is 76.8 Å². The monoisotopic (exact) mass is 345 g/mol. The van der Waals surface area contributed by atoms with Crippen LogP contribution in [-0.4, -0.2) is 57.9 Å². The van der Waals surface area contributed by atoms with E-state index in [2.05, 4.69) is 4.98 Å². The van der Waals surface area contributed by atoms with Gasteiger partial charge < -0.3 is 24.0 Å². The number of benzene rings is 1. The lowest BCUT2D eigenvalue weighted by molar-refractivity contribution is 0.0349. The van der Waals surface area contributed by atoms with Gasteiger partial charge in [-0.25, -0.2) is 4.98 Å². The van der Waals surface area contributed by atoms with Gasteiger partial charge in [0.05, 0.1) is 19.5 Å². The van der Waals surface area contributed by atoms with Crippen molar-refractivity contribution < 1.29 is 19.4 Å². The average molecular weight is 345 g/mol. The predicted molar refractivity (Wildman–Crippen MR) is 91.8 cm³/mol. The molecule has 3 rings (SSSR count). The van der Waals surface area contributed by atoms with Crippen molar-refractivity contribution in [3.63, 3.8) is 0 Å². The molecule has 1 N–H and O–H groups in total. The average Bonchev–Trinajstić information content (AvgIpc) is 2.98. The van der Waals surface area contributed by atoms with Crippen molar-refractivity contribution in [1.82, 2.24) is 14.5 Å². The van der Waals surface area contributed by atoms with Crippen molar-refractivity contribution in [2.45, 2.75) is 25.0 Å². The van der Waals surface area contributed by atoms with Gasteiger partial charge >= 0.3 is 0 Å². The first-order chi connectivity index (χ1) is 12.1. The Morgan fingerprint density at radius 2 is 2.04 bits per heavy atom.